The molecule has 1 fully saturated rings. The van der Waals surface area contributed by atoms with E-state index >= 15 is 0 Å². The van der Waals surface area contributed by atoms with Crippen molar-refractivity contribution in [3.63, 3.8) is 0 Å². The number of imidazole rings is 1. The van der Waals surface area contributed by atoms with Crippen molar-refractivity contribution in [3.05, 3.63) is 28.5 Å². The first-order valence-corrected chi connectivity index (χ1v) is 9.48. The van der Waals surface area contributed by atoms with Crippen LogP contribution in [-0.4, -0.2) is 26.4 Å². The summed E-state index contributed by atoms with van der Waals surface area (Å²) >= 11 is 11.5. The van der Waals surface area contributed by atoms with Gasteiger partial charge in [-0.15, -0.1) is 11.6 Å². The Hall–Kier alpha value is -0.190. The lowest BCUT2D eigenvalue weighted by atomic mass is 9.84. The summed E-state index contributed by atoms with van der Waals surface area (Å²) in [5, 5.41) is 0. The van der Waals surface area contributed by atoms with E-state index < -0.39 is 0 Å². The normalized spacial score (nSPS) is 17.4. The largest absolute Gasteiger partial charge is 0.327 e. The number of benzene rings is 1. The second-order valence-electron chi connectivity index (χ2n) is 5.43. The number of thioether (sulfide) groups is 1. The van der Waals surface area contributed by atoms with E-state index in [2.05, 4.69) is 45.0 Å². The van der Waals surface area contributed by atoms with E-state index in [0.29, 0.717) is 10.6 Å². The molecule has 2 aromatic rings. The number of halogens is 2. The fourth-order valence-corrected chi connectivity index (χ4v) is 4.36. The zero-order valence-electron chi connectivity index (χ0n) is 11.5. The highest BCUT2D eigenvalue weighted by Crippen LogP contribution is 2.44. The minimum absolute atomic E-state index is 0.400. The first-order chi connectivity index (χ1) is 9.67. The van der Waals surface area contributed by atoms with E-state index in [0.717, 1.165) is 28.8 Å². The van der Waals surface area contributed by atoms with Crippen molar-refractivity contribution in [2.45, 2.75) is 37.0 Å². The maximum Gasteiger partial charge on any atom is 0.111 e. The van der Waals surface area contributed by atoms with E-state index in [9.17, 15) is 0 Å². The van der Waals surface area contributed by atoms with Crippen LogP contribution in [0.1, 0.15) is 25.1 Å². The average molecular weight is 374 g/mol. The Kier molecular flexibility index (Phi) is 4.34. The molecule has 108 valence electrons. The highest BCUT2D eigenvalue weighted by atomic mass is 79.9. The van der Waals surface area contributed by atoms with Crippen LogP contribution in [0.3, 0.4) is 0 Å². The van der Waals surface area contributed by atoms with Crippen LogP contribution < -0.4 is 0 Å². The third-order valence-corrected chi connectivity index (χ3v) is 6.34. The maximum absolute atomic E-state index is 5.95. The van der Waals surface area contributed by atoms with Crippen molar-refractivity contribution in [2.24, 2.45) is 0 Å². The molecule has 1 aliphatic rings. The number of aromatic nitrogens is 2. The van der Waals surface area contributed by atoms with Crippen molar-refractivity contribution in [2.75, 3.05) is 12.1 Å². The summed E-state index contributed by atoms with van der Waals surface area (Å²) < 4.78 is 3.89. The molecule has 0 radical (unpaired) electrons. The molecule has 0 bridgehead atoms. The topological polar surface area (TPSA) is 17.8 Å². The van der Waals surface area contributed by atoms with Crippen LogP contribution in [-0.2, 0) is 13.0 Å². The highest BCUT2D eigenvalue weighted by Gasteiger charge is 2.37. The van der Waals surface area contributed by atoms with E-state index in [1.165, 1.54) is 24.8 Å². The van der Waals surface area contributed by atoms with Gasteiger partial charge in [0.05, 0.1) is 11.0 Å². The number of aryl methyl sites for hydroxylation is 1. The summed E-state index contributed by atoms with van der Waals surface area (Å²) in [6.45, 7) is 1.05. The summed E-state index contributed by atoms with van der Waals surface area (Å²) in [5.41, 5.74) is 2.30. The van der Waals surface area contributed by atoms with Crippen molar-refractivity contribution >= 4 is 50.3 Å². The number of rotatable bonds is 5. The Labute approximate surface area is 137 Å². The van der Waals surface area contributed by atoms with Crippen molar-refractivity contribution < 1.29 is 0 Å². The predicted molar refractivity (Wildman–Crippen MR) is 92.0 cm³/mol. The van der Waals surface area contributed by atoms with Crippen LogP contribution in [0.2, 0.25) is 0 Å². The van der Waals surface area contributed by atoms with Gasteiger partial charge in [0.25, 0.3) is 0 Å². The molecule has 0 atom stereocenters. The number of hydrogen-bond acceptors (Lipinski definition) is 2. The molecule has 20 heavy (non-hydrogen) atoms. The maximum atomic E-state index is 5.95. The first-order valence-electron chi connectivity index (χ1n) is 6.93. The molecule has 1 saturated carbocycles. The third kappa shape index (κ3) is 2.62. The van der Waals surface area contributed by atoms with Gasteiger partial charge < -0.3 is 4.57 Å². The molecule has 1 aromatic heterocycles. The predicted octanol–water partition coefficient (Wildman–Crippen LogP) is 4.87. The Balaban J connectivity index is 2.05. The molecule has 1 aliphatic carbocycles. The first kappa shape index (κ1) is 14.7. The molecule has 5 heteroatoms. The Morgan fingerprint density at radius 1 is 1.45 bits per heavy atom. The molecule has 0 unspecified atom stereocenters. The van der Waals surface area contributed by atoms with Crippen LogP contribution in [0.4, 0.5) is 0 Å². The molecular formula is C15H18BrClN2S. The molecule has 2 nitrogen and oxygen atoms in total. The van der Waals surface area contributed by atoms with Crippen LogP contribution >= 0.6 is 39.3 Å². The molecule has 1 aromatic carbocycles. The van der Waals surface area contributed by atoms with Gasteiger partial charge in [0.15, 0.2) is 0 Å². The van der Waals surface area contributed by atoms with Gasteiger partial charge in [-0.3, -0.25) is 0 Å². The molecule has 0 spiro atoms. The Bertz CT molecular complexity index is 616. The van der Waals surface area contributed by atoms with Gasteiger partial charge in [-0.05, 0) is 37.3 Å². The Morgan fingerprint density at radius 3 is 2.85 bits per heavy atom. The van der Waals surface area contributed by atoms with Gasteiger partial charge >= 0.3 is 0 Å². The van der Waals surface area contributed by atoms with Gasteiger partial charge in [0, 0.05) is 28.1 Å². The highest BCUT2D eigenvalue weighted by molar-refractivity contribution is 9.10. The van der Waals surface area contributed by atoms with Crippen molar-refractivity contribution in [1.82, 2.24) is 9.55 Å². The molecule has 0 aliphatic heterocycles. The second kappa shape index (κ2) is 5.90. The molecule has 0 saturated heterocycles. The van der Waals surface area contributed by atoms with E-state index in [1.807, 2.05) is 11.8 Å². The van der Waals surface area contributed by atoms with E-state index in [-0.39, 0.29) is 0 Å². The van der Waals surface area contributed by atoms with Gasteiger partial charge in [-0.25, -0.2) is 4.98 Å². The summed E-state index contributed by atoms with van der Waals surface area (Å²) in [6, 6.07) is 6.31. The molecule has 0 N–H and O–H groups in total. The van der Waals surface area contributed by atoms with Crippen molar-refractivity contribution in [3.8, 4) is 0 Å². The molecule has 1 heterocycles. The lowest BCUT2D eigenvalue weighted by Crippen LogP contribution is -2.38. The average Bonchev–Trinajstić information content (AvgIpc) is 2.72. The third-order valence-electron chi connectivity index (χ3n) is 4.25. The Morgan fingerprint density at radius 2 is 2.25 bits per heavy atom. The van der Waals surface area contributed by atoms with Gasteiger partial charge in [0.1, 0.15) is 5.82 Å². The number of nitrogens with zero attached hydrogens (tertiary/aromatic N) is 2. The standard InChI is InChI=1S/C15H18BrClN2S/c1-20-15(6-2-7-15)10-19-13-9-11(16)3-4-12(13)18-14(19)5-8-17/h3-4,9H,2,5-8,10H2,1H3. The molecule has 3 rings (SSSR count). The number of hydrogen-bond donors (Lipinski definition) is 0. The minimum Gasteiger partial charge on any atom is -0.327 e. The van der Waals surface area contributed by atoms with Gasteiger partial charge in [-0.2, -0.15) is 11.8 Å². The SMILES string of the molecule is CSC1(Cn2c(CCCl)nc3ccc(Br)cc32)CCC1. The monoisotopic (exact) mass is 372 g/mol. The molecular weight excluding hydrogens is 356 g/mol. The second-order valence-corrected chi connectivity index (χ2v) is 7.99. The van der Waals surface area contributed by atoms with Gasteiger partial charge in [0.2, 0.25) is 0 Å². The van der Waals surface area contributed by atoms with Crippen LogP contribution in [0.15, 0.2) is 22.7 Å². The number of fused-ring (bicyclic) bond motifs is 1. The quantitative estimate of drug-likeness (QED) is 0.696. The van der Waals surface area contributed by atoms with Crippen LogP contribution in [0.5, 0.6) is 0 Å². The smallest absolute Gasteiger partial charge is 0.111 e. The van der Waals surface area contributed by atoms with E-state index in [1.54, 1.807) is 0 Å². The lowest BCUT2D eigenvalue weighted by Gasteiger charge is -2.41. The summed E-state index contributed by atoms with van der Waals surface area (Å²) in [4.78, 5) is 4.77. The van der Waals surface area contributed by atoms with Crippen LogP contribution in [0.25, 0.3) is 11.0 Å². The minimum atomic E-state index is 0.400. The molecule has 0 amide bonds. The summed E-state index contributed by atoms with van der Waals surface area (Å²) in [5.74, 6) is 1.74. The summed E-state index contributed by atoms with van der Waals surface area (Å²) in [7, 11) is 0. The fraction of sp³-hybridized carbons (Fsp3) is 0.533. The van der Waals surface area contributed by atoms with E-state index in [4.69, 9.17) is 16.6 Å². The van der Waals surface area contributed by atoms with Gasteiger partial charge in [-0.1, -0.05) is 22.4 Å². The zero-order valence-corrected chi connectivity index (χ0v) is 14.7. The lowest BCUT2D eigenvalue weighted by molar-refractivity contribution is 0.322. The zero-order chi connectivity index (χ0) is 14.2. The summed E-state index contributed by atoms with van der Waals surface area (Å²) in [6.07, 6.45) is 7.03. The fourth-order valence-electron chi connectivity index (χ4n) is 2.88. The number of alkyl halides is 1. The van der Waals surface area contributed by atoms with Crippen molar-refractivity contribution in [1.29, 1.82) is 0 Å². The van der Waals surface area contributed by atoms with Crippen LogP contribution in [0, 0.1) is 0 Å².